The average Bonchev–Trinajstić information content (AvgIpc) is 2.39. The smallest absolute Gasteiger partial charge is 0.421 e. The molecule has 0 bridgehead atoms. The van der Waals surface area contributed by atoms with Gasteiger partial charge in [0.05, 0.1) is 0 Å². The first-order chi connectivity index (χ1) is 8.79. The highest BCUT2D eigenvalue weighted by Crippen LogP contribution is 2.20. The van der Waals surface area contributed by atoms with Crippen molar-refractivity contribution in [3.63, 3.8) is 0 Å². The quantitative estimate of drug-likeness (QED) is 0.357. The van der Waals surface area contributed by atoms with Crippen LogP contribution in [-0.4, -0.2) is 12.8 Å². The highest BCUT2D eigenvalue weighted by Gasteiger charge is 2.05. The van der Waals surface area contributed by atoms with E-state index in [0.717, 1.165) is 10.8 Å². The molecule has 0 aliphatic heterocycles. The largest absolute Gasteiger partial charge is 0.514 e. The lowest BCUT2D eigenvalue weighted by atomic mass is 10.1. The molecule has 0 aromatic heterocycles. The van der Waals surface area contributed by atoms with E-state index in [4.69, 9.17) is 9.47 Å². The van der Waals surface area contributed by atoms with Crippen LogP contribution in [0.1, 0.15) is 0 Å². The number of halogens is 1. The van der Waals surface area contributed by atoms with E-state index in [-0.39, 0.29) is 6.61 Å². The van der Waals surface area contributed by atoms with E-state index in [1.54, 1.807) is 12.1 Å². The average molecular weight is 352 g/mol. The third-order valence-corrected chi connectivity index (χ3v) is 2.63. The van der Waals surface area contributed by atoms with Crippen LogP contribution in [0, 0.1) is 9.85 Å². The number of carbonyl (C=O) groups is 1. The van der Waals surface area contributed by atoms with Crippen LogP contribution >= 0.6 is 22.6 Å². The fraction of sp³-hybridized carbons (Fsp3) is 0.0714. The molecule has 2 aromatic carbocycles. The number of hydrogen-bond donors (Lipinski definition) is 0. The minimum absolute atomic E-state index is 0.0371. The molecule has 0 saturated heterocycles. The molecule has 0 spiro atoms. The van der Waals surface area contributed by atoms with Gasteiger partial charge in [-0.25, -0.2) is 4.79 Å². The first-order valence-electron chi connectivity index (χ1n) is 5.21. The molecule has 3 nitrogen and oxygen atoms in total. The van der Waals surface area contributed by atoms with Crippen LogP contribution in [0.3, 0.4) is 0 Å². The maximum Gasteiger partial charge on any atom is 0.514 e. The molecule has 0 N–H and O–H groups in total. The second-order valence-corrected chi connectivity index (χ2v) is 3.96. The van der Waals surface area contributed by atoms with Crippen LogP contribution in [0.5, 0.6) is 5.75 Å². The Labute approximate surface area is 118 Å². The van der Waals surface area contributed by atoms with Crippen molar-refractivity contribution in [3.8, 4) is 15.6 Å². The molecule has 18 heavy (non-hydrogen) atoms. The van der Waals surface area contributed by atoms with Gasteiger partial charge in [0.25, 0.3) is 0 Å². The third-order valence-electron chi connectivity index (χ3n) is 2.25. The van der Waals surface area contributed by atoms with E-state index in [1.165, 1.54) is 0 Å². The molecule has 2 aromatic rings. The Kier molecular flexibility index (Phi) is 4.42. The van der Waals surface area contributed by atoms with Crippen molar-refractivity contribution in [3.05, 3.63) is 42.5 Å². The summed E-state index contributed by atoms with van der Waals surface area (Å²) in [5.74, 6) is 3.07. The molecular weight excluding hydrogens is 343 g/mol. The molecule has 2 rings (SSSR count). The minimum Gasteiger partial charge on any atom is -0.421 e. The molecule has 4 heteroatoms. The van der Waals surface area contributed by atoms with Gasteiger partial charge in [0, 0.05) is 22.6 Å². The summed E-state index contributed by atoms with van der Waals surface area (Å²) in [4.78, 5) is 11.3. The molecule has 0 amide bonds. The number of rotatable bonds is 2. The monoisotopic (exact) mass is 352 g/mol. The molecule has 0 aliphatic rings. The second-order valence-electron chi connectivity index (χ2n) is 3.42. The normalized spacial score (nSPS) is 9.39. The number of benzene rings is 2. The maximum absolute atomic E-state index is 11.3. The minimum atomic E-state index is -0.746. The Morgan fingerprint density at radius 3 is 2.72 bits per heavy atom. The fourth-order valence-electron chi connectivity index (χ4n) is 1.48. The van der Waals surface area contributed by atoms with E-state index in [1.807, 2.05) is 52.9 Å². The van der Waals surface area contributed by atoms with Crippen molar-refractivity contribution in [2.75, 3.05) is 6.61 Å². The van der Waals surface area contributed by atoms with Gasteiger partial charge < -0.3 is 9.47 Å². The Morgan fingerprint density at radius 1 is 1.17 bits per heavy atom. The second kappa shape index (κ2) is 6.26. The van der Waals surface area contributed by atoms with Gasteiger partial charge in [-0.3, -0.25) is 0 Å². The first-order valence-corrected chi connectivity index (χ1v) is 6.29. The van der Waals surface area contributed by atoms with Crippen molar-refractivity contribution in [1.29, 1.82) is 0 Å². The van der Waals surface area contributed by atoms with E-state index < -0.39 is 6.16 Å². The number of fused-ring (bicyclic) bond motifs is 1. The highest BCUT2D eigenvalue weighted by molar-refractivity contribution is 14.1. The number of hydrogen-bond acceptors (Lipinski definition) is 3. The van der Waals surface area contributed by atoms with E-state index in [2.05, 4.69) is 9.85 Å². The predicted octanol–water partition coefficient (Wildman–Crippen LogP) is 3.75. The van der Waals surface area contributed by atoms with Crippen LogP contribution in [0.2, 0.25) is 0 Å². The van der Waals surface area contributed by atoms with Gasteiger partial charge in [-0.2, -0.15) is 0 Å². The zero-order valence-electron chi connectivity index (χ0n) is 9.35. The first kappa shape index (κ1) is 12.7. The molecule has 0 aliphatic carbocycles. The van der Waals surface area contributed by atoms with Crippen molar-refractivity contribution >= 4 is 39.5 Å². The van der Waals surface area contributed by atoms with Crippen molar-refractivity contribution < 1.29 is 14.3 Å². The Hall–Kier alpha value is -1.74. The molecular formula is C14H9IO3. The van der Waals surface area contributed by atoms with Crippen LogP contribution in [0.25, 0.3) is 10.8 Å². The predicted molar refractivity (Wildman–Crippen MR) is 77.7 cm³/mol. The van der Waals surface area contributed by atoms with Crippen molar-refractivity contribution in [2.24, 2.45) is 0 Å². The van der Waals surface area contributed by atoms with Crippen LogP contribution < -0.4 is 4.74 Å². The summed E-state index contributed by atoms with van der Waals surface area (Å²) in [5, 5.41) is 2.10. The van der Waals surface area contributed by atoms with Gasteiger partial charge in [0.15, 0.2) is 6.61 Å². The van der Waals surface area contributed by atoms with Gasteiger partial charge >= 0.3 is 6.16 Å². The van der Waals surface area contributed by atoms with E-state index in [0.29, 0.717) is 5.75 Å². The molecule has 0 fully saturated rings. The molecule has 0 unspecified atom stereocenters. The Balaban J connectivity index is 2.06. The summed E-state index contributed by atoms with van der Waals surface area (Å²) >= 11 is 1.87. The van der Waals surface area contributed by atoms with Crippen LogP contribution in [0.15, 0.2) is 42.5 Å². The Morgan fingerprint density at radius 2 is 1.94 bits per heavy atom. The van der Waals surface area contributed by atoms with Gasteiger partial charge in [-0.05, 0) is 26.8 Å². The summed E-state index contributed by atoms with van der Waals surface area (Å²) in [6.07, 6.45) is -0.746. The lowest BCUT2D eigenvalue weighted by molar-refractivity contribution is 0.111. The lowest BCUT2D eigenvalue weighted by Crippen LogP contribution is -2.10. The van der Waals surface area contributed by atoms with Crippen molar-refractivity contribution in [1.82, 2.24) is 0 Å². The molecule has 0 radical (unpaired) electrons. The Bertz CT molecular complexity index is 625. The maximum atomic E-state index is 11.3. The zero-order chi connectivity index (χ0) is 12.8. The van der Waals surface area contributed by atoms with Gasteiger partial charge in [-0.15, -0.1) is 0 Å². The summed E-state index contributed by atoms with van der Waals surface area (Å²) in [6, 6.07) is 13.2. The van der Waals surface area contributed by atoms with E-state index >= 15 is 0 Å². The molecule has 0 atom stereocenters. The summed E-state index contributed by atoms with van der Waals surface area (Å²) in [6.45, 7) is 0.0371. The van der Waals surface area contributed by atoms with Gasteiger partial charge in [0.1, 0.15) is 5.75 Å². The van der Waals surface area contributed by atoms with E-state index in [9.17, 15) is 4.79 Å². The molecule has 0 saturated carbocycles. The third kappa shape index (κ3) is 3.37. The fourth-order valence-corrected chi connectivity index (χ4v) is 1.63. The summed E-state index contributed by atoms with van der Waals surface area (Å²) in [7, 11) is 0. The summed E-state index contributed by atoms with van der Waals surface area (Å²) < 4.78 is 12.4. The molecule has 0 heterocycles. The summed E-state index contributed by atoms with van der Waals surface area (Å²) in [5.41, 5.74) is 0. The standard InChI is InChI=1S/C14H9IO3/c15-8-3-9-17-14(16)18-13-7-6-11-4-1-2-5-12(11)10-13/h1-2,4-7,10H,9H2. The number of carbonyl (C=O) groups excluding carboxylic acids is 1. The van der Waals surface area contributed by atoms with Crippen LogP contribution in [0.4, 0.5) is 4.79 Å². The van der Waals surface area contributed by atoms with Crippen molar-refractivity contribution in [2.45, 2.75) is 0 Å². The van der Waals surface area contributed by atoms with Gasteiger partial charge in [0.2, 0.25) is 0 Å². The lowest BCUT2D eigenvalue weighted by Gasteiger charge is -2.04. The number of ether oxygens (including phenoxy) is 2. The highest BCUT2D eigenvalue weighted by atomic mass is 127. The van der Waals surface area contributed by atoms with Crippen LogP contribution in [-0.2, 0) is 4.74 Å². The SMILES string of the molecule is O=C(OCC#CI)Oc1ccc2ccccc2c1. The van der Waals surface area contributed by atoms with Gasteiger partial charge in [-0.1, -0.05) is 36.3 Å². The topological polar surface area (TPSA) is 35.5 Å². The zero-order valence-corrected chi connectivity index (χ0v) is 11.5. The molecule has 90 valence electrons.